The van der Waals surface area contributed by atoms with Gasteiger partial charge in [0.25, 0.3) is 0 Å². The molecule has 1 radical (unpaired) electrons. The SMILES string of the molecule is O=P([O-])([O-])OP(=O)([O-])[O-].[Mn+2].[Ni+2]. The molecule has 0 aromatic rings. The Morgan fingerprint density at radius 1 is 0.909 bits per heavy atom. The molecule has 0 saturated carbocycles. The van der Waals surface area contributed by atoms with Crippen molar-refractivity contribution < 1.29 is 66.6 Å². The van der Waals surface area contributed by atoms with Gasteiger partial charge in [-0.1, -0.05) is 0 Å². The Labute approximate surface area is 82.4 Å². The second kappa shape index (κ2) is 5.84. The molecule has 0 aromatic carbocycles. The molecular formula is MnNiO7P2. The van der Waals surface area contributed by atoms with Gasteiger partial charge in [0.2, 0.25) is 0 Å². The molecule has 0 atom stereocenters. The molecule has 0 rings (SSSR count). The Balaban J connectivity index is -0.000000320. The van der Waals surface area contributed by atoms with Gasteiger partial charge in [-0.15, -0.1) is 0 Å². The molecule has 0 aliphatic rings. The molecular weight excluding hydrogens is 288 g/mol. The first-order chi connectivity index (χ1) is 3.71. The average Bonchev–Trinajstić information content (AvgIpc) is 1.14. The second-order valence-electron chi connectivity index (χ2n) is 0.976. The minimum atomic E-state index is -5.68. The summed E-state index contributed by atoms with van der Waals surface area (Å²) in [7, 11) is -11.4. The normalized spacial score (nSPS) is 11.3. The summed E-state index contributed by atoms with van der Waals surface area (Å²) in [6.07, 6.45) is 0. The summed E-state index contributed by atoms with van der Waals surface area (Å²) in [5.74, 6) is 0. The molecule has 11 heavy (non-hydrogen) atoms. The van der Waals surface area contributed by atoms with Crippen LogP contribution in [0.25, 0.3) is 0 Å². The van der Waals surface area contributed by atoms with Gasteiger partial charge < -0.3 is 33.0 Å². The zero-order chi connectivity index (χ0) is 7.71. The van der Waals surface area contributed by atoms with Gasteiger partial charge in [0.15, 0.2) is 0 Å². The van der Waals surface area contributed by atoms with Gasteiger partial charge in [0, 0.05) is 0 Å². The van der Waals surface area contributed by atoms with Crippen LogP contribution in [0.5, 0.6) is 0 Å². The van der Waals surface area contributed by atoms with Crippen LogP contribution in [-0.4, -0.2) is 0 Å². The van der Waals surface area contributed by atoms with Gasteiger partial charge in [-0.25, -0.2) is 0 Å². The van der Waals surface area contributed by atoms with Crippen molar-refractivity contribution in [3.63, 3.8) is 0 Å². The van der Waals surface area contributed by atoms with Crippen molar-refractivity contribution in [1.29, 1.82) is 0 Å². The first-order valence-corrected chi connectivity index (χ1v) is 4.38. The molecule has 0 N–H and O–H groups in total. The fourth-order valence-electron chi connectivity index (χ4n) is 0.122. The monoisotopic (exact) mass is 287 g/mol. The smallest absolute Gasteiger partial charge is 0.790 e. The largest absolute Gasteiger partial charge is 2.00 e. The van der Waals surface area contributed by atoms with Crippen molar-refractivity contribution in [3.8, 4) is 0 Å². The van der Waals surface area contributed by atoms with E-state index in [9.17, 15) is 28.7 Å². The molecule has 11 heteroatoms. The summed E-state index contributed by atoms with van der Waals surface area (Å²) in [6.45, 7) is 0. The fourth-order valence-corrected chi connectivity index (χ4v) is 1.10. The molecule has 0 fully saturated rings. The third-order valence-electron chi connectivity index (χ3n) is 0.200. The van der Waals surface area contributed by atoms with E-state index >= 15 is 0 Å². The fraction of sp³-hybridized carbons (Fsp3) is 0. The van der Waals surface area contributed by atoms with Crippen LogP contribution >= 0.6 is 15.6 Å². The molecule has 0 bridgehead atoms. The predicted octanol–water partition coefficient (Wildman–Crippen LogP) is -3.34. The summed E-state index contributed by atoms with van der Waals surface area (Å²) in [6, 6.07) is 0. The number of hydrogen-bond acceptors (Lipinski definition) is 7. The van der Waals surface area contributed by atoms with Crippen LogP contribution in [0.15, 0.2) is 0 Å². The van der Waals surface area contributed by atoms with E-state index in [1.54, 1.807) is 0 Å². The summed E-state index contributed by atoms with van der Waals surface area (Å²) in [4.78, 5) is 37.3. The van der Waals surface area contributed by atoms with Crippen molar-refractivity contribution in [2.75, 3.05) is 0 Å². The molecule has 0 aromatic heterocycles. The van der Waals surface area contributed by atoms with Crippen LogP contribution in [0.3, 0.4) is 0 Å². The van der Waals surface area contributed by atoms with Crippen molar-refractivity contribution in [3.05, 3.63) is 0 Å². The molecule has 0 unspecified atom stereocenters. The summed E-state index contributed by atoms with van der Waals surface area (Å²) in [5.41, 5.74) is 0. The Morgan fingerprint density at radius 2 is 1.09 bits per heavy atom. The van der Waals surface area contributed by atoms with Crippen molar-refractivity contribution >= 4 is 15.6 Å². The summed E-state index contributed by atoms with van der Waals surface area (Å²) < 4.78 is 21.2. The maximum Gasteiger partial charge on any atom is 2.00 e. The Hall–Kier alpha value is 1.27. The molecule has 0 amide bonds. The predicted molar refractivity (Wildman–Crippen MR) is 16.3 cm³/mol. The molecule has 0 spiro atoms. The Kier molecular flexibility index (Phi) is 9.63. The molecule has 0 aliphatic heterocycles. The molecule has 0 saturated heterocycles. The van der Waals surface area contributed by atoms with E-state index in [1.165, 1.54) is 0 Å². The molecule has 7 nitrogen and oxygen atoms in total. The topological polar surface area (TPSA) is 136 Å². The zero-order valence-corrected chi connectivity index (χ0v) is 8.40. The van der Waals surface area contributed by atoms with Crippen LogP contribution in [0.4, 0.5) is 0 Å². The van der Waals surface area contributed by atoms with Gasteiger partial charge in [-0.3, -0.25) is 0 Å². The van der Waals surface area contributed by atoms with E-state index in [2.05, 4.69) is 4.31 Å². The molecule has 0 heterocycles. The molecule has 69 valence electrons. The average molecular weight is 288 g/mol. The molecule has 0 aliphatic carbocycles. The third-order valence-corrected chi connectivity index (χ3v) is 1.80. The quantitative estimate of drug-likeness (QED) is 0.382. The van der Waals surface area contributed by atoms with Gasteiger partial charge in [0.05, 0.1) is 15.6 Å². The summed E-state index contributed by atoms with van der Waals surface area (Å²) in [5, 5.41) is 0. The van der Waals surface area contributed by atoms with Gasteiger partial charge in [-0.2, -0.15) is 0 Å². The maximum atomic E-state index is 9.32. The van der Waals surface area contributed by atoms with Gasteiger partial charge in [0.1, 0.15) is 0 Å². The number of phosphoric acid groups is 2. The van der Waals surface area contributed by atoms with Crippen molar-refractivity contribution in [2.24, 2.45) is 0 Å². The van der Waals surface area contributed by atoms with Crippen LogP contribution in [0.1, 0.15) is 0 Å². The second-order valence-corrected chi connectivity index (χ2v) is 3.42. The standard InChI is InChI=1S/Mn.Ni.H4O7P2/c;;1-8(2,3)7-9(4,5)6/h;;(H2,1,2,3)(H2,4,5,6)/q2*+2;/p-4. The van der Waals surface area contributed by atoms with Crippen LogP contribution < -0.4 is 19.6 Å². The van der Waals surface area contributed by atoms with Crippen molar-refractivity contribution in [1.82, 2.24) is 0 Å². The number of hydrogen-bond donors (Lipinski definition) is 0. The zero-order valence-electron chi connectivity index (χ0n) is 4.45. The summed E-state index contributed by atoms with van der Waals surface area (Å²) >= 11 is 0. The Bertz CT molecular complexity index is 157. The van der Waals surface area contributed by atoms with Crippen molar-refractivity contribution in [2.45, 2.75) is 0 Å². The minimum Gasteiger partial charge on any atom is -0.790 e. The van der Waals surface area contributed by atoms with Gasteiger partial charge in [-0.05, 0) is 0 Å². The third kappa shape index (κ3) is 18.3. The van der Waals surface area contributed by atoms with Crippen LogP contribution in [-0.2, 0) is 47.0 Å². The first-order valence-electron chi connectivity index (χ1n) is 1.46. The minimum absolute atomic E-state index is 0. The van der Waals surface area contributed by atoms with E-state index in [1.807, 2.05) is 0 Å². The van der Waals surface area contributed by atoms with E-state index in [0.29, 0.717) is 0 Å². The van der Waals surface area contributed by atoms with E-state index in [-0.39, 0.29) is 33.6 Å². The maximum absolute atomic E-state index is 9.32. The Morgan fingerprint density at radius 3 is 1.09 bits per heavy atom. The van der Waals surface area contributed by atoms with E-state index < -0.39 is 15.6 Å². The van der Waals surface area contributed by atoms with E-state index in [4.69, 9.17) is 0 Å². The van der Waals surface area contributed by atoms with Crippen LogP contribution in [0.2, 0.25) is 0 Å². The first kappa shape index (κ1) is 18.1. The van der Waals surface area contributed by atoms with E-state index in [0.717, 1.165) is 0 Å². The van der Waals surface area contributed by atoms with Crippen LogP contribution in [0, 0.1) is 0 Å². The van der Waals surface area contributed by atoms with Gasteiger partial charge >= 0.3 is 33.6 Å². The number of rotatable bonds is 2.